The average Bonchev–Trinajstić information content (AvgIpc) is 2.81. The fourth-order valence-electron chi connectivity index (χ4n) is 2.39. The molecule has 20 heteroatoms. The van der Waals surface area contributed by atoms with Gasteiger partial charge < -0.3 is 39.8 Å². The maximum Gasteiger partial charge on any atom is 0.490 e. The van der Waals surface area contributed by atoms with Crippen LogP contribution in [-0.2, 0) is 31.6 Å². The van der Waals surface area contributed by atoms with E-state index in [-0.39, 0.29) is 16.3 Å². The van der Waals surface area contributed by atoms with Gasteiger partial charge in [0.2, 0.25) is 0 Å². The van der Waals surface area contributed by atoms with Gasteiger partial charge in [-0.15, -0.1) is 0 Å². The molecule has 2 amide bonds. The molecule has 17 nitrogen and oxygen atoms in total. The van der Waals surface area contributed by atoms with Crippen molar-refractivity contribution < 1.29 is 71.4 Å². The Balaban J connectivity index is 2.04. The molecule has 1 fully saturated rings. The lowest BCUT2D eigenvalue weighted by molar-refractivity contribution is -0.0191. The van der Waals surface area contributed by atoms with E-state index in [0.29, 0.717) is 0 Å². The van der Waals surface area contributed by atoms with Crippen LogP contribution in [-0.4, -0.2) is 77.1 Å². The molecule has 0 aliphatic carbocycles. The molecular weight excluding hydrogens is 481 g/mol. The van der Waals surface area contributed by atoms with Crippen LogP contribution in [0.1, 0.15) is 0 Å². The Bertz CT molecular complexity index is 884. The quantitative estimate of drug-likeness (QED) is 0.142. The summed E-state index contributed by atoms with van der Waals surface area (Å²) in [5.41, 5.74) is -0.153. The molecule has 0 spiro atoms. The Labute approximate surface area is 167 Å². The number of hydrogen-bond acceptors (Lipinski definition) is 11. The summed E-state index contributed by atoms with van der Waals surface area (Å²) in [5.74, 6) is 0. The highest BCUT2D eigenvalue weighted by molar-refractivity contribution is 7.66. The number of hydrogen-bond donors (Lipinski definition) is 8. The van der Waals surface area contributed by atoms with Crippen LogP contribution in [0.3, 0.4) is 0 Å². The fourth-order valence-corrected chi connectivity index (χ4v) is 5.42. The van der Waals surface area contributed by atoms with Crippen molar-refractivity contribution in [3.05, 3.63) is 24.0 Å². The zero-order valence-corrected chi connectivity index (χ0v) is 17.2. The standard InChI is InChI=1S/C10H17N2O15P3/c1-4-5(2-12(16)10(15)11-4)9-8(14)7(13)6(25-9)3-24-29(20,21)27-30(22,23)26-28(17,18)19/h2,6-9,13-14,16H,1,3H2,(H,11,15)(H,20,21)(H,22,23)(H2,17,18,19). The number of urea groups is 1. The lowest BCUT2D eigenvalue weighted by Gasteiger charge is -2.27. The Morgan fingerprint density at radius 1 is 1.10 bits per heavy atom. The van der Waals surface area contributed by atoms with Gasteiger partial charge in [0, 0.05) is 17.5 Å². The first-order chi connectivity index (χ1) is 13.5. The molecule has 8 N–H and O–H groups in total. The van der Waals surface area contributed by atoms with E-state index < -0.39 is 60.5 Å². The third-order valence-electron chi connectivity index (χ3n) is 3.56. The molecule has 30 heavy (non-hydrogen) atoms. The highest BCUT2D eigenvalue weighted by atomic mass is 31.3. The van der Waals surface area contributed by atoms with Gasteiger partial charge in [-0.3, -0.25) is 9.73 Å². The van der Waals surface area contributed by atoms with Crippen molar-refractivity contribution in [2.75, 3.05) is 6.61 Å². The summed E-state index contributed by atoms with van der Waals surface area (Å²) in [5, 5.41) is 31.8. The van der Waals surface area contributed by atoms with Gasteiger partial charge in [-0.1, -0.05) is 6.58 Å². The summed E-state index contributed by atoms with van der Waals surface area (Å²) in [6.45, 7) is 2.46. The smallest absolute Gasteiger partial charge is 0.387 e. The van der Waals surface area contributed by atoms with Crippen LogP contribution in [0.15, 0.2) is 24.0 Å². The maximum atomic E-state index is 11.7. The Morgan fingerprint density at radius 3 is 2.27 bits per heavy atom. The number of phosphoric acid groups is 3. The van der Waals surface area contributed by atoms with Gasteiger partial charge >= 0.3 is 29.5 Å². The van der Waals surface area contributed by atoms with E-state index in [9.17, 15) is 38.8 Å². The molecule has 2 aliphatic heterocycles. The summed E-state index contributed by atoms with van der Waals surface area (Å²) in [7, 11) is -16.8. The summed E-state index contributed by atoms with van der Waals surface area (Å²) in [6, 6.07) is -0.957. The van der Waals surface area contributed by atoms with Gasteiger partial charge in [-0.2, -0.15) is 13.7 Å². The number of rotatable bonds is 8. The van der Waals surface area contributed by atoms with Crippen molar-refractivity contribution in [1.29, 1.82) is 0 Å². The van der Waals surface area contributed by atoms with Gasteiger partial charge in [-0.05, 0) is 0 Å². The molecule has 0 radical (unpaired) electrons. The molecule has 0 aromatic heterocycles. The largest absolute Gasteiger partial charge is 0.490 e. The minimum absolute atomic E-state index is 0.0653. The van der Waals surface area contributed by atoms with Crippen molar-refractivity contribution in [1.82, 2.24) is 10.4 Å². The number of carbonyl (C=O) groups excluding carboxylic acids is 1. The summed E-state index contributed by atoms with van der Waals surface area (Å²) in [4.78, 5) is 46.7. The number of amides is 2. The topological polar surface area (TPSA) is 262 Å². The number of nitrogens with one attached hydrogen (secondary N) is 1. The number of nitrogens with zero attached hydrogens (tertiary/aromatic N) is 1. The van der Waals surface area contributed by atoms with Gasteiger partial charge in [0.1, 0.15) is 24.4 Å². The molecular formula is C10H17N2O15P3. The van der Waals surface area contributed by atoms with E-state index in [1.54, 1.807) is 0 Å². The van der Waals surface area contributed by atoms with Gasteiger partial charge in [0.15, 0.2) is 0 Å². The third kappa shape index (κ3) is 6.50. The molecule has 0 saturated carbocycles. The van der Waals surface area contributed by atoms with Crippen LogP contribution in [0, 0.1) is 0 Å². The lowest BCUT2D eigenvalue weighted by atomic mass is 9.99. The zero-order chi connectivity index (χ0) is 23.1. The van der Waals surface area contributed by atoms with E-state index >= 15 is 0 Å². The molecule has 2 heterocycles. The summed E-state index contributed by atoms with van der Waals surface area (Å²) < 4.78 is 50.2. The number of carbonyl (C=O) groups is 1. The third-order valence-corrected chi connectivity index (χ3v) is 7.37. The van der Waals surface area contributed by atoms with Crippen molar-refractivity contribution in [3.63, 3.8) is 0 Å². The van der Waals surface area contributed by atoms with Crippen LogP contribution in [0.25, 0.3) is 0 Å². The molecule has 2 rings (SSSR count). The Hall–Kier alpha value is -1.00. The number of ether oxygens (including phenoxy) is 1. The van der Waals surface area contributed by atoms with Crippen molar-refractivity contribution in [3.8, 4) is 0 Å². The van der Waals surface area contributed by atoms with E-state index in [2.05, 4.69) is 25.0 Å². The monoisotopic (exact) mass is 498 g/mol. The van der Waals surface area contributed by atoms with Gasteiger partial charge in [0.25, 0.3) is 0 Å². The highest BCUT2D eigenvalue weighted by Crippen LogP contribution is 2.66. The summed E-state index contributed by atoms with van der Waals surface area (Å²) >= 11 is 0. The molecule has 0 aromatic carbocycles. The van der Waals surface area contributed by atoms with Crippen LogP contribution >= 0.6 is 23.5 Å². The minimum atomic E-state index is -5.73. The molecule has 6 unspecified atom stereocenters. The first-order valence-electron chi connectivity index (χ1n) is 7.51. The molecule has 172 valence electrons. The second kappa shape index (κ2) is 8.86. The predicted molar refractivity (Wildman–Crippen MR) is 89.9 cm³/mol. The number of hydroxylamine groups is 2. The predicted octanol–water partition coefficient (Wildman–Crippen LogP) is -1.37. The molecule has 6 atom stereocenters. The van der Waals surface area contributed by atoms with Gasteiger partial charge in [0.05, 0.1) is 6.61 Å². The van der Waals surface area contributed by atoms with Crippen LogP contribution < -0.4 is 5.32 Å². The van der Waals surface area contributed by atoms with Crippen molar-refractivity contribution in [2.24, 2.45) is 0 Å². The second-order valence-corrected chi connectivity index (χ2v) is 10.2. The van der Waals surface area contributed by atoms with E-state index in [0.717, 1.165) is 6.20 Å². The van der Waals surface area contributed by atoms with E-state index in [1.165, 1.54) is 0 Å². The van der Waals surface area contributed by atoms with Crippen molar-refractivity contribution in [2.45, 2.75) is 24.4 Å². The molecule has 0 bridgehead atoms. The first kappa shape index (κ1) is 25.3. The molecule has 2 aliphatic rings. The minimum Gasteiger partial charge on any atom is -0.387 e. The van der Waals surface area contributed by atoms with Crippen LogP contribution in [0.4, 0.5) is 4.79 Å². The molecule has 0 aromatic rings. The lowest BCUT2D eigenvalue weighted by Crippen LogP contribution is -2.43. The number of aliphatic hydroxyl groups is 2. The van der Waals surface area contributed by atoms with Crippen molar-refractivity contribution >= 4 is 29.5 Å². The number of phosphoric ester groups is 1. The highest BCUT2D eigenvalue weighted by Gasteiger charge is 2.48. The van der Waals surface area contributed by atoms with E-state index in [4.69, 9.17) is 19.4 Å². The zero-order valence-electron chi connectivity index (χ0n) is 14.5. The first-order valence-corrected chi connectivity index (χ1v) is 12.0. The Kier molecular flexibility index (Phi) is 7.46. The van der Waals surface area contributed by atoms with Gasteiger partial charge in [-0.25, -0.2) is 18.5 Å². The second-order valence-electron chi connectivity index (χ2n) is 5.80. The molecule has 1 saturated heterocycles. The van der Waals surface area contributed by atoms with Crippen LogP contribution in [0.5, 0.6) is 0 Å². The van der Waals surface area contributed by atoms with E-state index in [1.807, 2.05) is 0 Å². The summed E-state index contributed by atoms with van der Waals surface area (Å²) in [6.07, 6.45) is -5.52. The average molecular weight is 498 g/mol. The number of aliphatic hydroxyl groups excluding tert-OH is 2. The normalized spacial score (nSPS) is 31.7. The Morgan fingerprint density at radius 2 is 1.70 bits per heavy atom. The van der Waals surface area contributed by atoms with Crippen LogP contribution in [0.2, 0.25) is 0 Å². The fraction of sp³-hybridized carbons (Fsp3) is 0.500. The maximum absolute atomic E-state index is 11.7. The SMILES string of the molecule is C=C1NC(=O)N(O)C=C1C1OC(COP(=O)(O)OP(=O)(O)OP(=O)(O)O)C(O)C1O.